The maximum Gasteiger partial charge on any atom is 0.193 e. The highest BCUT2D eigenvalue weighted by molar-refractivity contribution is 7.82. The van der Waals surface area contributed by atoms with Crippen LogP contribution in [0.15, 0.2) is 18.2 Å². The van der Waals surface area contributed by atoms with E-state index >= 15 is 0 Å². The van der Waals surface area contributed by atoms with E-state index in [1.807, 2.05) is 0 Å². The van der Waals surface area contributed by atoms with Gasteiger partial charge in [0, 0.05) is 34.7 Å². The summed E-state index contributed by atoms with van der Waals surface area (Å²) in [5, 5.41) is 6.82. The molecule has 0 aliphatic carbocycles. The lowest BCUT2D eigenvalue weighted by Crippen LogP contribution is -3.00. The van der Waals surface area contributed by atoms with Gasteiger partial charge in [-0.1, -0.05) is 0 Å². The molecule has 0 aliphatic heterocycles. The number of rotatable bonds is 8. The van der Waals surface area contributed by atoms with Crippen molar-refractivity contribution in [1.82, 2.24) is 10.6 Å². The lowest BCUT2D eigenvalue weighted by Gasteiger charge is -2.17. The minimum atomic E-state index is 0. The summed E-state index contributed by atoms with van der Waals surface area (Å²) in [7, 11) is 0. The largest absolute Gasteiger partial charge is 1.00 e. The van der Waals surface area contributed by atoms with Crippen LogP contribution in [0.25, 0.3) is 0 Å². The zero-order valence-electron chi connectivity index (χ0n) is 13.3. The smallest absolute Gasteiger partial charge is 0.193 e. The normalized spacial score (nSPS) is 12.1. The van der Waals surface area contributed by atoms with Crippen molar-refractivity contribution in [3.8, 4) is 0 Å². The molecule has 6 heteroatoms. The Labute approximate surface area is 146 Å². The molecule has 1 rings (SSSR count). The number of thiol groups is 2. The Morgan fingerprint density at radius 1 is 0.905 bits per heavy atom. The average Bonchev–Trinajstić information content (AvgIpc) is 2.26. The Kier molecular flexibility index (Phi) is 9.28. The average molecular weight is 350 g/mol. The molecule has 21 heavy (non-hydrogen) atoms. The van der Waals surface area contributed by atoms with E-state index in [4.69, 9.17) is 0 Å². The van der Waals surface area contributed by atoms with E-state index in [-0.39, 0.29) is 21.9 Å². The summed E-state index contributed by atoms with van der Waals surface area (Å²) in [6, 6.07) is 6.29. The van der Waals surface area contributed by atoms with Crippen LogP contribution >= 0.6 is 25.3 Å². The van der Waals surface area contributed by atoms with Crippen molar-refractivity contribution in [2.24, 2.45) is 0 Å². The third-order valence-electron chi connectivity index (χ3n) is 2.66. The van der Waals surface area contributed by atoms with Gasteiger partial charge in [0.2, 0.25) is 0 Å². The number of hydrogen-bond acceptors (Lipinski definition) is 4. The first kappa shape index (κ1) is 21.1. The molecule has 1 aromatic rings. The maximum atomic E-state index is 4.50. The first-order valence-electron chi connectivity index (χ1n) is 7.02. The molecule has 0 saturated carbocycles. The predicted molar refractivity (Wildman–Crippen MR) is 92.5 cm³/mol. The Morgan fingerprint density at radius 3 is 1.62 bits per heavy atom. The highest BCUT2D eigenvalue weighted by Crippen LogP contribution is 2.10. The van der Waals surface area contributed by atoms with E-state index in [0.717, 1.165) is 26.2 Å². The summed E-state index contributed by atoms with van der Waals surface area (Å²) in [6.45, 7) is 11.8. The van der Waals surface area contributed by atoms with Gasteiger partial charge in [-0.2, -0.15) is 25.3 Å². The van der Waals surface area contributed by atoms with Crippen molar-refractivity contribution in [3.05, 3.63) is 29.6 Å². The molecular weight excluding hydrogens is 322 g/mol. The van der Waals surface area contributed by atoms with Gasteiger partial charge in [0.1, 0.15) is 0 Å². The standard InChI is InChI=1S/C15H27N3S2.ClH/c1-14(2,19)10-16-8-12-6-5-7-13(18-12)9-17-11-15(3,4)20;/h5-7,16-17,19-20H,8-11H2,1-4H3;1H. The molecule has 0 spiro atoms. The second-order valence-corrected chi connectivity index (χ2v) is 8.95. The molecule has 122 valence electrons. The highest BCUT2D eigenvalue weighted by atomic mass is 35.5. The first-order valence-corrected chi connectivity index (χ1v) is 7.91. The van der Waals surface area contributed by atoms with Crippen LogP contribution in [0, 0.1) is 0 Å². The van der Waals surface area contributed by atoms with Gasteiger partial charge >= 0.3 is 0 Å². The fourth-order valence-electron chi connectivity index (χ4n) is 1.78. The Hall–Kier alpha value is 0.0600. The molecule has 0 bridgehead atoms. The highest BCUT2D eigenvalue weighted by Gasteiger charge is 2.13. The lowest BCUT2D eigenvalue weighted by molar-refractivity contribution is -0.403. The number of aromatic amines is 1. The van der Waals surface area contributed by atoms with Crippen LogP contribution < -0.4 is 28.0 Å². The minimum absolute atomic E-state index is 0. The van der Waals surface area contributed by atoms with E-state index in [1.54, 1.807) is 0 Å². The predicted octanol–water partition coefficient (Wildman–Crippen LogP) is -0.899. The van der Waals surface area contributed by atoms with E-state index in [0.29, 0.717) is 0 Å². The topological polar surface area (TPSA) is 38.2 Å². The molecule has 1 aromatic heterocycles. The van der Waals surface area contributed by atoms with Crippen molar-refractivity contribution in [2.45, 2.75) is 50.3 Å². The Morgan fingerprint density at radius 2 is 1.29 bits per heavy atom. The molecular formula is C15H28ClN3S2. The molecule has 3 nitrogen and oxygen atoms in total. The number of hydrogen-bond donors (Lipinski definition) is 4. The van der Waals surface area contributed by atoms with Gasteiger partial charge < -0.3 is 23.0 Å². The fraction of sp³-hybridized carbons (Fsp3) is 0.667. The molecule has 0 aliphatic rings. The number of pyridine rings is 1. The molecule has 0 unspecified atom stereocenters. The first-order chi connectivity index (χ1) is 9.16. The minimum Gasteiger partial charge on any atom is -1.00 e. The van der Waals surface area contributed by atoms with Crippen molar-refractivity contribution in [1.29, 1.82) is 0 Å². The van der Waals surface area contributed by atoms with Crippen LogP contribution in [0.5, 0.6) is 0 Å². The van der Waals surface area contributed by atoms with Crippen molar-refractivity contribution < 1.29 is 17.4 Å². The quantitative estimate of drug-likeness (QED) is 0.459. The molecule has 0 radical (unpaired) electrons. The summed E-state index contributed by atoms with van der Waals surface area (Å²) >= 11 is 9.01. The Bertz CT molecular complexity index is 379. The molecule has 0 atom stereocenters. The maximum absolute atomic E-state index is 4.50. The molecule has 0 saturated heterocycles. The van der Waals surface area contributed by atoms with Gasteiger partial charge in [0.25, 0.3) is 0 Å². The van der Waals surface area contributed by atoms with E-state index < -0.39 is 0 Å². The van der Waals surface area contributed by atoms with Gasteiger partial charge in [0.15, 0.2) is 11.4 Å². The van der Waals surface area contributed by atoms with Crippen LogP contribution in [0.1, 0.15) is 39.1 Å². The molecule has 0 fully saturated rings. The van der Waals surface area contributed by atoms with Gasteiger partial charge in [-0.3, -0.25) is 0 Å². The summed E-state index contributed by atoms with van der Waals surface area (Å²) in [4.78, 5) is 3.44. The summed E-state index contributed by atoms with van der Waals surface area (Å²) in [5.41, 5.74) is 2.37. The van der Waals surface area contributed by atoms with E-state index in [9.17, 15) is 0 Å². The number of nitrogens with one attached hydrogen (secondary N) is 3. The van der Waals surface area contributed by atoms with Gasteiger partial charge in [0.05, 0.1) is 13.1 Å². The summed E-state index contributed by atoms with van der Waals surface area (Å²) in [5.74, 6) is 0. The van der Waals surface area contributed by atoms with Crippen molar-refractivity contribution in [2.75, 3.05) is 13.1 Å². The van der Waals surface area contributed by atoms with Crippen LogP contribution in [0.3, 0.4) is 0 Å². The number of H-pyrrole nitrogens is 1. The van der Waals surface area contributed by atoms with Gasteiger partial charge in [-0.25, -0.2) is 4.98 Å². The molecule has 3 N–H and O–H groups in total. The van der Waals surface area contributed by atoms with Crippen molar-refractivity contribution >= 4 is 25.3 Å². The molecule has 0 aromatic carbocycles. The van der Waals surface area contributed by atoms with Crippen LogP contribution in [0.4, 0.5) is 0 Å². The third kappa shape index (κ3) is 11.3. The zero-order valence-corrected chi connectivity index (χ0v) is 15.9. The van der Waals surface area contributed by atoms with Gasteiger partial charge in [-0.05, 0) is 33.8 Å². The van der Waals surface area contributed by atoms with Gasteiger partial charge in [-0.15, -0.1) is 0 Å². The third-order valence-corrected chi connectivity index (χ3v) is 2.98. The van der Waals surface area contributed by atoms with Crippen molar-refractivity contribution in [3.63, 3.8) is 0 Å². The monoisotopic (exact) mass is 349 g/mol. The fourth-order valence-corrected chi connectivity index (χ4v) is 2.01. The zero-order chi connectivity index (χ0) is 15.2. The SMILES string of the molecule is CC(C)(S)CNCc1cccc(CNCC(C)(C)S)[nH+]1.[Cl-]. The summed E-state index contributed by atoms with van der Waals surface area (Å²) < 4.78 is 0.0225. The van der Waals surface area contributed by atoms with E-state index in [1.165, 1.54) is 11.4 Å². The molecule has 0 amide bonds. The van der Waals surface area contributed by atoms with Crippen LogP contribution in [0.2, 0.25) is 0 Å². The van der Waals surface area contributed by atoms with Crippen LogP contribution in [-0.2, 0) is 13.1 Å². The Balaban J connectivity index is 0.00000400. The second kappa shape index (κ2) is 9.26. The summed E-state index contributed by atoms with van der Waals surface area (Å²) in [6.07, 6.45) is 0. The lowest BCUT2D eigenvalue weighted by atomic mass is 10.2. The molecule has 1 heterocycles. The van der Waals surface area contributed by atoms with Crippen LogP contribution in [-0.4, -0.2) is 22.6 Å². The second-order valence-electron chi connectivity index (χ2n) is 6.53. The number of aromatic nitrogens is 1. The van der Waals surface area contributed by atoms with E-state index in [2.05, 4.69) is 86.8 Å². The number of halogens is 1.